The van der Waals surface area contributed by atoms with Crippen LogP contribution in [0.5, 0.6) is 11.5 Å². The fraction of sp³-hybridized carbons (Fsp3) is 0.500. The number of hydrogen-bond donors (Lipinski definition) is 0. The zero-order valence-electron chi connectivity index (χ0n) is 18.6. The van der Waals surface area contributed by atoms with Crippen LogP contribution < -0.4 is 9.47 Å². The molecule has 0 saturated heterocycles. The lowest BCUT2D eigenvalue weighted by atomic mass is 10.1. The van der Waals surface area contributed by atoms with Crippen LogP contribution in [0.1, 0.15) is 27.7 Å². The minimum Gasteiger partial charge on any atom is -0.492 e. The summed E-state index contributed by atoms with van der Waals surface area (Å²) in [5, 5.41) is 0. The van der Waals surface area contributed by atoms with Crippen LogP contribution in [0, 0.1) is 0 Å². The molecule has 164 valence electrons. The first-order chi connectivity index (χ1) is 14.6. The van der Waals surface area contributed by atoms with E-state index in [1.165, 1.54) is 0 Å². The Kier molecular flexibility index (Phi) is 8.31. The molecule has 0 unspecified atom stereocenters. The van der Waals surface area contributed by atoms with E-state index in [1.54, 1.807) is 0 Å². The van der Waals surface area contributed by atoms with Gasteiger partial charge in [-0.2, -0.15) is 0 Å². The van der Waals surface area contributed by atoms with Gasteiger partial charge < -0.3 is 19.3 Å². The molecule has 0 saturated carbocycles. The molecule has 30 heavy (non-hydrogen) atoms. The molecule has 1 aliphatic heterocycles. The summed E-state index contributed by atoms with van der Waals surface area (Å²) in [6, 6.07) is 11.7. The summed E-state index contributed by atoms with van der Waals surface area (Å²) >= 11 is 0. The molecule has 0 amide bonds. The Morgan fingerprint density at radius 1 is 0.700 bits per heavy atom. The molecular formula is C24H34N2O3S. The Bertz CT molecular complexity index is 794. The van der Waals surface area contributed by atoms with Gasteiger partial charge in [-0.25, -0.2) is 4.21 Å². The summed E-state index contributed by atoms with van der Waals surface area (Å²) in [5.41, 5.74) is 1.97. The van der Waals surface area contributed by atoms with Gasteiger partial charge in [-0.05, 0) is 62.6 Å². The van der Waals surface area contributed by atoms with Gasteiger partial charge in [0.05, 0.1) is 20.6 Å². The molecule has 0 fully saturated rings. The standard InChI is InChI=1S/C24H34N2O3S/c1-5-25(6-2)13-15-28-19-9-11-23-21(17-19)22-18-20(10-12-24(22)30(23)27)29-16-14-26(7-3)8-4/h9-12,17-18H,5-8,13-16H2,1-4H3. The second-order valence-corrected chi connectivity index (χ2v) is 8.75. The maximum atomic E-state index is 12.9. The van der Waals surface area contributed by atoms with Gasteiger partial charge in [0.1, 0.15) is 24.7 Å². The molecule has 0 radical (unpaired) electrons. The van der Waals surface area contributed by atoms with Crippen LogP contribution >= 0.6 is 0 Å². The van der Waals surface area contributed by atoms with Gasteiger partial charge in [0.15, 0.2) is 0 Å². The van der Waals surface area contributed by atoms with Gasteiger partial charge in [-0.15, -0.1) is 0 Å². The van der Waals surface area contributed by atoms with E-state index < -0.39 is 10.8 Å². The fourth-order valence-electron chi connectivity index (χ4n) is 3.73. The number of nitrogens with zero attached hydrogens (tertiary/aromatic N) is 2. The topological polar surface area (TPSA) is 42.0 Å². The second-order valence-electron chi connectivity index (χ2n) is 7.34. The summed E-state index contributed by atoms with van der Waals surface area (Å²) in [6.07, 6.45) is 0. The summed E-state index contributed by atoms with van der Waals surface area (Å²) < 4.78 is 24.9. The number of fused-ring (bicyclic) bond motifs is 3. The van der Waals surface area contributed by atoms with E-state index in [0.29, 0.717) is 13.2 Å². The van der Waals surface area contributed by atoms with E-state index in [0.717, 1.165) is 71.7 Å². The predicted molar refractivity (Wildman–Crippen MR) is 123 cm³/mol. The first kappa shape index (κ1) is 22.8. The third-order valence-corrected chi connectivity index (χ3v) is 7.24. The van der Waals surface area contributed by atoms with Gasteiger partial charge in [-0.1, -0.05) is 27.7 Å². The molecular weight excluding hydrogens is 396 g/mol. The van der Waals surface area contributed by atoms with Crippen LogP contribution in [0.25, 0.3) is 11.1 Å². The van der Waals surface area contributed by atoms with E-state index in [-0.39, 0.29) is 0 Å². The van der Waals surface area contributed by atoms with E-state index in [1.807, 2.05) is 36.4 Å². The summed E-state index contributed by atoms with van der Waals surface area (Å²) in [6.45, 7) is 15.8. The van der Waals surface area contributed by atoms with Gasteiger partial charge in [0, 0.05) is 24.2 Å². The Morgan fingerprint density at radius 3 is 1.47 bits per heavy atom. The molecule has 0 aromatic heterocycles. The highest BCUT2D eigenvalue weighted by Crippen LogP contribution is 2.43. The van der Waals surface area contributed by atoms with E-state index >= 15 is 0 Å². The predicted octanol–water partition coefficient (Wildman–Crippen LogP) is 4.27. The summed E-state index contributed by atoms with van der Waals surface area (Å²) in [7, 11) is -1.15. The number of rotatable bonds is 12. The molecule has 2 aromatic carbocycles. The lowest BCUT2D eigenvalue weighted by Crippen LogP contribution is -2.27. The van der Waals surface area contributed by atoms with Crippen molar-refractivity contribution >= 4 is 10.8 Å². The number of hydrogen-bond acceptors (Lipinski definition) is 5. The number of benzene rings is 2. The first-order valence-electron chi connectivity index (χ1n) is 11.0. The normalized spacial score (nSPS) is 13.0. The van der Waals surface area contributed by atoms with Gasteiger partial charge in [0.25, 0.3) is 0 Å². The maximum Gasteiger partial charge on any atom is 0.120 e. The Labute approximate surface area is 183 Å². The number of ether oxygens (including phenoxy) is 2. The van der Waals surface area contributed by atoms with Crippen LogP contribution in [-0.4, -0.2) is 66.5 Å². The molecule has 2 aromatic rings. The van der Waals surface area contributed by atoms with E-state index in [9.17, 15) is 4.21 Å². The molecule has 6 heteroatoms. The largest absolute Gasteiger partial charge is 0.492 e. The van der Waals surface area contributed by atoms with Crippen molar-refractivity contribution in [2.45, 2.75) is 37.5 Å². The Balaban J connectivity index is 1.71. The molecule has 5 nitrogen and oxygen atoms in total. The lowest BCUT2D eigenvalue weighted by Gasteiger charge is -2.18. The van der Waals surface area contributed by atoms with Crippen LogP contribution in [0.4, 0.5) is 0 Å². The smallest absolute Gasteiger partial charge is 0.120 e. The first-order valence-corrected chi connectivity index (χ1v) is 12.2. The Hall–Kier alpha value is -1.89. The summed E-state index contributed by atoms with van der Waals surface area (Å²) in [5.74, 6) is 1.64. The maximum absolute atomic E-state index is 12.9. The third-order valence-electron chi connectivity index (χ3n) is 5.73. The van der Waals surface area contributed by atoms with Crippen LogP contribution in [0.3, 0.4) is 0 Å². The molecule has 0 bridgehead atoms. The van der Waals surface area contributed by atoms with Crippen molar-refractivity contribution in [2.24, 2.45) is 0 Å². The highest BCUT2D eigenvalue weighted by Gasteiger charge is 2.26. The molecule has 1 heterocycles. The zero-order chi connectivity index (χ0) is 21.5. The van der Waals surface area contributed by atoms with E-state index in [2.05, 4.69) is 37.5 Å². The van der Waals surface area contributed by atoms with Crippen molar-refractivity contribution in [3.8, 4) is 22.6 Å². The van der Waals surface area contributed by atoms with Crippen LogP contribution in [0.2, 0.25) is 0 Å². The SMILES string of the molecule is CCN(CC)CCOc1ccc2c(c1)-c1cc(OCCN(CC)CC)ccc1S2=O. The van der Waals surface area contributed by atoms with Crippen LogP contribution in [-0.2, 0) is 10.8 Å². The van der Waals surface area contributed by atoms with Crippen molar-refractivity contribution in [3.05, 3.63) is 36.4 Å². The third kappa shape index (κ3) is 5.23. The fourth-order valence-corrected chi connectivity index (χ4v) is 5.08. The molecule has 1 aliphatic rings. The highest BCUT2D eigenvalue weighted by atomic mass is 32.2. The number of likely N-dealkylation sites (N-methyl/N-ethyl adjacent to an activating group) is 2. The quantitative estimate of drug-likeness (QED) is 0.429. The highest BCUT2D eigenvalue weighted by molar-refractivity contribution is 7.85. The van der Waals surface area contributed by atoms with Crippen LogP contribution in [0.15, 0.2) is 46.2 Å². The minimum atomic E-state index is -1.15. The van der Waals surface area contributed by atoms with Crippen molar-refractivity contribution in [2.75, 3.05) is 52.5 Å². The molecule has 0 N–H and O–H groups in total. The molecule has 3 rings (SSSR count). The van der Waals surface area contributed by atoms with Crippen molar-refractivity contribution in [1.82, 2.24) is 9.80 Å². The Morgan fingerprint density at radius 2 is 1.10 bits per heavy atom. The van der Waals surface area contributed by atoms with Crippen molar-refractivity contribution in [3.63, 3.8) is 0 Å². The molecule has 0 spiro atoms. The molecule has 0 atom stereocenters. The van der Waals surface area contributed by atoms with Crippen molar-refractivity contribution < 1.29 is 13.7 Å². The van der Waals surface area contributed by atoms with Gasteiger partial charge in [-0.3, -0.25) is 0 Å². The zero-order valence-corrected chi connectivity index (χ0v) is 19.5. The van der Waals surface area contributed by atoms with Crippen molar-refractivity contribution in [1.29, 1.82) is 0 Å². The van der Waals surface area contributed by atoms with Gasteiger partial charge >= 0.3 is 0 Å². The summed E-state index contributed by atoms with van der Waals surface area (Å²) in [4.78, 5) is 6.36. The minimum absolute atomic E-state index is 0.644. The average Bonchev–Trinajstić information content (AvgIpc) is 3.05. The average molecular weight is 431 g/mol. The van der Waals surface area contributed by atoms with E-state index in [4.69, 9.17) is 9.47 Å². The molecule has 0 aliphatic carbocycles. The second kappa shape index (κ2) is 10.9. The lowest BCUT2D eigenvalue weighted by molar-refractivity contribution is 0.222. The van der Waals surface area contributed by atoms with Gasteiger partial charge in [0.2, 0.25) is 0 Å². The monoisotopic (exact) mass is 430 g/mol.